The molecule has 2 nitrogen and oxygen atoms in total. The summed E-state index contributed by atoms with van der Waals surface area (Å²) >= 11 is 0. The van der Waals surface area contributed by atoms with Gasteiger partial charge >= 0.3 is 0 Å². The van der Waals surface area contributed by atoms with Crippen LogP contribution in [0.5, 0.6) is 0 Å². The summed E-state index contributed by atoms with van der Waals surface area (Å²) in [5.74, 6) is 2.22. The normalized spacial score (nSPS) is 51.8. The fourth-order valence-corrected chi connectivity index (χ4v) is 6.32. The third-order valence-corrected chi connectivity index (χ3v) is 7.19. The molecule has 0 aromatic rings. The van der Waals surface area contributed by atoms with E-state index < -0.39 is 0 Å². The highest BCUT2D eigenvalue weighted by atomic mass is 16.7. The fraction of sp³-hybridized carbons (Fsp3) is 1.00. The summed E-state index contributed by atoms with van der Waals surface area (Å²) in [6.45, 7) is 9.08. The van der Waals surface area contributed by atoms with E-state index in [0.29, 0.717) is 16.7 Å². The molecular weight excluding hydrogens is 224 g/mol. The second-order valence-corrected chi connectivity index (χ2v) is 7.85. The Labute approximate surface area is 110 Å². The molecule has 1 saturated heterocycles. The lowest BCUT2D eigenvalue weighted by atomic mass is 9.66. The highest BCUT2D eigenvalue weighted by Gasteiger charge is 2.70. The molecule has 0 radical (unpaired) electrons. The summed E-state index contributed by atoms with van der Waals surface area (Å²) in [5.41, 5.74) is 1.01. The Hall–Kier alpha value is -0.0800. The van der Waals surface area contributed by atoms with Crippen molar-refractivity contribution in [3.63, 3.8) is 0 Å². The second kappa shape index (κ2) is 3.32. The molecule has 4 rings (SSSR count). The van der Waals surface area contributed by atoms with Crippen LogP contribution in [-0.2, 0) is 9.47 Å². The maximum absolute atomic E-state index is 6.12. The molecule has 0 aromatic heterocycles. The smallest absolute Gasteiger partial charge is 0.171 e. The van der Waals surface area contributed by atoms with Crippen LogP contribution in [0.15, 0.2) is 0 Å². The largest absolute Gasteiger partial charge is 0.347 e. The van der Waals surface area contributed by atoms with Gasteiger partial charge in [0.25, 0.3) is 0 Å². The van der Waals surface area contributed by atoms with Crippen molar-refractivity contribution >= 4 is 0 Å². The molecule has 1 heterocycles. The van der Waals surface area contributed by atoms with Crippen LogP contribution in [0.2, 0.25) is 0 Å². The maximum Gasteiger partial charge on any atom is 0.171 e. The number of rotatable bonds is 0. The molecular formula is C16H26O2. The predicted octanol–water partition coefficient (Wildman–Crippen LogP) is 3.60. The van der Waals surface area contributed by atoms with Crippen molar-refractivity contribution in [3.05, 3.63) is 0 Å². The lowest BCUT2D eigenvalue weighted by molar-refractivity contribution is -0.231. The van der Waals surface area contributed by atoms with Crippen molar-refractivity contribution in [2.75, 3.05) is 13.2 Å². The molecule has 0 amide bonds. The van der Waals surface area contributed by atoms with Gasteiger partial charge in [-0.1, -0.05) is 20.8 Å². The van der Waals surface area contributed by atoms with Gasteiger partial charge in [-0.15, -0.1) is 0 Å². The van der Waals surface area contributed by atoms with E-state index in [0.717, 1.165) is 31.5 Å². The van der Waals surface area contributed by atoms with Gasteiger partial charge < -0.3 is 9.47 Å². The van der Waals surface area contributed by atoms with Crippen molar-refractivity contribution < 1.29 is 9.47 Å². The van der Waals surface area contributed by atoms with E-state index in [4.69, 9.17) is 9.47 Å². The summed E-state index contributed by atoms with van der Waals surface area (Å²) in [6, 6.07) is 0. The summed E-state index contributed by atoms with van der Waals surface area (Å²) in [5, 5.41) is 0. The van der Waals surface area contributed by atoms with E-state index >= 15 is 0 Å². The van der Waals surface area contributed by atoms with Gasteiger partial charge in [0.1, 0.15) is 0 Å². The van der Waals surface area contributed by atoms with E-state index in [1.807, 2.05) is 0 Å². The number of fused-ring (bicyclic) bond motifs is 2. The van der Waals surface area contributed by atoms with Gasteiger partial charge in [-0.3, -0.25) is 0 Å². The van der Waals surface area contributed by atoms with Crippen molar-refractivity contribution in [1.82, 2.24) is 0 Å². The standard InChI is InChI=1S/C16H26O2/c1-11-4-5-12-14(2,3)13-10-15(11,12)6-7-16(13)17-8-9-18-16/h11-13H,4-10H2,1-3H3/t11?,12?,13-,15+/m1/s1. The van der Waals surface area contributed by atoms with Crippen LogP contribution in [-0.4, -0.2) is 19.0 Å². The third-order valence-electron chi connectivity index (χ3n) is 7.19. The van der Waals surface area contributed by atoms with Gasteiger partial charge in [-0.05, 0) is 48.3 Å². The SMILES string of the molecule is CC1CCC2C(C)(C)[C@H]3C[C@@]12CCC31OCCO1. The zero-order valence-corrected chi connectivity index (χ0v) is 12.0. The quantitative estimate of drug-likeness (QED) is 0.654. The van der Waals surface area contributed by atoms with Crippen molar-refractivity contribution in [1.29, 1.82) is 0 Å². The van der Waals surface area contributed by atoms with Gasteiger partial charge in [-0.25, -0.2) is 0 Å². The Morgan fingerprint density at radius 2 is 1.67 bits per heavy atom. The topological polar surface area (TPSA) is 18.5 Å². The molecule has 4 aliphatic rings. The molecule has 0 N–H and O–H groups in total. The highest BCUT2D eigenvalue weighted by Crippen LogP contribution is 2.74. The molecule has 2 spiro atoms. The molecule has 18 heavy (non-hydrogen) atoms. The van der Waals surface area contributed by atoms with E-state index in [9.17, 15) is 0 Å². The van der Waals surface area contributed by atoms with Crippen LogP contribution in [0.25, 0.3) is 0 Å². The second-order valence-electron chi connectivity index (χ2n) is 7.85. The Morgan fingerprint density at radius 3 is 2.39 bits per heavy atom. The van der Waals surface area contributed by atoms with Crippen LogP contribution in [0.4, 0.5) is 0 Å². The Morgan fingerprint density at radius 1 is 0.944 bits per heavy atom. The maximum atomic E-state index is 6.12. The molecule has 3 saturated carbocycles. The van der Waals surface area contributed by atoms with Crippen LogP contribution >= 0.6 is 0 Å². The summed E-state index contributed by atoms with van der Waals surface area (Å²) in [7, 11) is 0. The number of ether oxygens (including phenoxy) is 2. The average molecular weight is 250 g/mol. The molecule has 2 unspecified atom stereocenters. The van der Waals surface area contributed by atoms with E-state index in [-0.39, 0.29) is 5.79 Å². The molecule has 3 aliphatic carbocycles. The minimum absolute atomic E-state index is 0.210. The van der Waals surface area contributed by atoms with Gasteiger partial charge in [0, 0.05) is 12.3 Å². The summed E-state index contributed by atoms with van der Waals surface area (Å²) in [4.78, 5) is 0. The van der Waals surface area contributed by atoms with Crippen LogP contribution in [0.3, 0.4) is 0 Å². The molecule has 1 aliphatic heterocycles. The van der Waals surface area contributed by atoms with E-state index in [1.165, 1.54) is 25.7 Å². The number of hydrogen-bond acceptors (Lipinski definition) is 2. The summed E-state index contributed by atoms with van der Waals surface area (Å²) in [6.07, 6.45) is 6.70. The molecule has 4 atom stereocenters. The van der Waals surface area contributed by atoms with Gasteiger partial charge in [-0.2, -0.15) is 0 Å². The van der Waals surface area contributed by atoms with Crippen LogP contribution < -0.4 is 0 Å². The van der Waals surface area contributed by atoms with Gasteiger partial charge in [0.15, 0.2) is 5.79 Å². The Balaban J connectivity index is 1.78. The highest BCUT2D eigenvalue weighted by molar-refractivity contribution is 5.16. The van der Waals surface area contributed by atoms with Gasteiger partial charge in [0.05, 0.1) is 13.2 Å². The van der Waals surface area contributed by atoms with E-state index in [2.05, 4.69) is 20.8 Å². The van der Waals surface area contributed by atoms with Crippen LogP contribution in [0, 0.1) is 28.6 Å². The molecule has 0 aromatic carbocycles. The first-order valence-electron chi connectivity index (χ1n) is 7.79. The first-order valence-corrected chi connectivity index (χ1v) is 7.79. The minimum atomic E-state index is -0.210. The van der Waals surface area contributed by atoms with E-state index in [1.54, 1.807) is 0 Å². The molecule has 2 bridgehead atoms. The monoisotopic (exact) mass is 250 g/mol. The first-order chi connectivity index (χ1) is 8.51. The zero-order chi connectivity index (χ0) is 12.6. The Bertz CT molecular complexity index is 369. The van der Waals surface area contributed by atoms with Crippen LogP contribution in [0.1, 0.15) is 52.9 Å². The number of hydrogen-bond donors (Lipinski definition) is 0. The fourth-order valence-electron chi connectivity index (χ4n) is 6.32. The van der Waals surface area contributed by atoms with Crippen molar-refractivity contribution in [2.45, 2.75) is 58.7 Å². The lowest BCUT2D eigenvalue weighted by Crippen LogP contribution is -2.47. The average Bonchev–Trinajstić information content (AvgIpc) is 2.94. The Kier molecular flexibility index (Phi) is 2.16. The third kappa shape index (κ3) is 1.13. The van der Waals surface area contributed by atoms with Crippen molar-refractivity contribution in [3.8, 4) is 0 Å². The first kappa shape index (κ1) is 11.7. The molecule has 4 fully saturated rings. The molecule has 2 heteroatoms. The predicted molar refractivity (Wildman–Crippen MR) is 70.1 cm³/mol. The lowest BCUT2D eigenvalue weighted by Gasteiger charge is -2.45. The minimum Gasteiger partial charge on any atom is -0.347 e. The summed E-state index contributed by atoms with van der Waals surface area (Å²) < 4.78 is 12.2. The zero-order valence-electron chi connectivity index (χ0n) is 12.0. The molecule has 102 valence electrons. The van der Waals surface area contributed by atoms with Crippen molar-refractivity contribution in [2.24, 2.45) is 28.6 Å². The van der Waals surface area contributed by atoms with Gasteiger partial charge in [0.2, 0.25) is 0 Å².